The first-order valence-electron chi connectivity index (χ1n) is 24.6. The molecule has 0 saturated heterocycles. The van der Waals surface area contributed by atoms with Gasteiger partial charge in [0, 0.05) is 12.8 Å². The maximum atomic E-state index is 13.1. The van der Waals surface area contributed by atoms with Gasteiger partial charge in [-0.25, -0.2) is 13.7 Å². The number of hydrogen-bond acceptors (Lipinski definition) is 14. The molecule has 1 rings (SSSR count). The molecule has 1 aliphatic rings. The lowest BCUT2D eigenvalue weighted by molar-refractivity contribution is -0.213. The van der Waals surface area contributed by atoms with Gasteiger partial charge in [-0.3, -0.25) is 27.7 Å². The van der Waals surface area contributed by atoms with Gasteiger partial charge in [-0.05, 0) is 44.9 Å². The van der Waals surface area contributed by atoms with E-state index >= 15 is 0 Å². The van der Waals surface area contributed by atoms with Crippen LogP contribution < -0.4 is 0 Å². The minimum atomic E-state index is -5.60. The van der Waals surface area contributed by atoms with Crippen molar-refractivity contribution in [1.82, 2.24) is 0 Å². The first kappa shape index (κ1) is 63.6. The van der Waals surface area contributed by atoms with E-state index in [1.165, 1.54) is 70.6 Å². The highest BCUT2D eigenvalue weighted by molar-refractivity contribution is 7.47. The molecular weight excluding hydrogens is 937 g/mol. The maximum absolute atomic E-state index is 13.1. The molecule has 19 nitrogen and oxygen atoms in total. The second kappa shape index (κ2) is 37.4. The highest BCUT2D eigenvalue weighted by atomic mass is 31.2. The number of allylic oxidation sites excluding steroid dienone is 4. The molecule has 0 aliphatic heterocycles. The van der Waals surface area contributed by atoms with Crippen molar-refractivity contribution >= 4 is 35.4 Å². The monoisotopic (exact) mass is 1020 g/mol. The molecule has 0 heterocycles. The van der Waals surface area contributed by atoms with Gasteiger partial charge in [-0.2, -0.15) is 0 Å². The van der Waals surface area contributed by atoms with Gasteiger partial charge in [0.15, 0.2) is 6.10 Å². The predicted molar refractivity (Wildman–Crippen MR) is 252 cm³/mol. The van der Waals surface area contributed by atoms with E-state index in [-0.39, 0.29) is 12.8 Å². The van der Waals surface area contributed by atoms with Crippen LogP contribution in [0.2, 0.25) is 0 Å². The first-order chi connectivity index (χ1) is 31.8. The molecule has 8 atom stereocenters. The summed E-state index contributed by atoms with van der Waals surface area (Å²) in [5.41, 5.74) is 0. The number of aliphatic hydroxyl groups excluding tert-OH is 3. The lowest BCUT2D eigenvalue weighted by Gasteiger charge is -2.44. The van der Waals surface area contributed by atoms with Crippen LogP contribution in [0.5, 0.6) is 0 Å². The van der Waals surface area contributed by atoms with Crippen LogP contribution in [0.4, 0.5) is 0 Å². The molecule has 0 aromatic heterocycles. The number of carbonyl (C=O) groups is 2. The molecule has 1 aliphatic carbocycles. The molecule has 0 radical (unpaired) electrons. The quantitative estimate of drug-likeness (QED) is 0.0122. The van der Waals surface area contributed by atoms with Crippen molar-refractivity contribution < 1.29 is 90.6 Å². The third-order valence-electron chi connectivity index (χ3n) is 11.3. The largest absolute Gasteiger partial charge is 0.472 e. The standard InChI is InChI=1S/C45H85O19P3/c1-3-5-7-9-11-13-15-17-18-19-20-22-24-26-28-30-32-34-39(47)61-37(35-59-38(46)33-31-29-27-25-23-21-16-14-12-10-8-6-4-2)36-60-67(57,58)64-43-40(48)41(49)44(62-65(51,52)53)45(42(43)50)63-66(54,55)56/h11,13,17-18,37,40-45,48-50H,3-10,12,14-16,19-36H2,1-2H3,(H,57,58)(H2,51,52,53)(H2,54,55,56)/t37-,40?,41?,42?,43+,44?,45+/m1/s1. The Hall–Kier alpha value is -1.37. The average Bonchev–Trinajstić information content (AvgIpc) is 3.25. The van der Waals surface area contributed by atoms with Crippen LogP contribution >= 0.6 is 23.5 Å². The number of rotatable bonds is 42. The number of esters is 2. The molecule has 0 bridgehead atoms. The molecular formula is C45H85O19P3. The molecule has 0 aromatic carbocycles. The third-order valence-corrected chi connectivity index (χ3v) is 13.3. The van der Waals surface area contributed by atoms with Crippen molar-refractivity contribution in [2.75, 3.05) is 13.2 Å². The number of unbranched alkanes of at least 4 members (excludes halogenated alkanes) is 22. The third kappa shape index (κ3) is 33.8. The number of carbonyl (C=O) groups excluding carboxylic acids is 2. The molecule has 5 unspecified atom stereocenters. The Morgan fingerprint density at radius 1 is 0.478 bits per heavy atom. The molecule has 0 amide bonds. The summed E-state index contributed by atoms with van der Waals surface area (Å²) in [7, 11) is -16.6. The number of ether oxygens (including phenoxy) is 2. The molecule has 22 heteroatoms. The van der Waals surface area contributed by atoms with Crippen molar-refractivity contribution in [3.05, 3.63) is 24.3 Å². The van der Waals surface area contributed by atoms with E-state index < -0.39 is 91.3 Å². The normalized spacial score (nSPS) is 21.8. The van der Waals surface area contributed by atoms with E-state index in [2.05, 4.69) is 47.2 Å². The van der Waals surface area contributed by atoms with Gasteiger partial charge in [-0.1, -0.05) is 160 Å². The highest BCUT2D eigenvalue weighted by Crippen LogP contribution is 2.51. The van der Waals surface area contributed by atoms with Gasteiger partial charge < -0.3 is 49.3 Å². The van der Waals surface area contributed by atoms with Crippen molar-refractivity contribution in [3.63, 3.8) is 0 Å². The molecule has 8 N–H and O–H groups in total. The molecule has 0 spiro atoms. The Morgan fingerprint density at radius 3 is 1.34 bits per heavy atom. The molecule has 0 aromatic rings. The van der Waals surface area contributed by atoms with Crippen molar-refractivity contribution in [2.24, 2.45) is 0 Å². The Bertz CT molecular complexity index is 1500. The van der Waals surface area contributed by atoms with Crippen LogP contribution in [0, 0.1) is 0 Å². The van der Waals surface area contributed by atoms with E-state index in [9.17, 15) is 63.1 Å². The summed E-state index contributed by atoms with van der Waals surface area (Å²) in [4.78, 5) is 73.2. The molecule has 67 heavy (non-hydrogen) atoms. The van der Waals surface area contributed by atoms with Crippen LogP contribution in [0.25, 0.3) is 0 Å². The average molecular weight is 1020 g/mol. The van der Waals surface area contributed by atoms with Gasteiger partial charge >= 0.3 is 35.4 Å². The lowest BCUT2D eigenvalue weighted by Crippen LogP contribution is -2.65. The second-order valence-corrected chi connectivity index (χ2v) is 21.2. The number of phosphoric ester groups is 3. The van der Waals surface area contributed by atoms with E-state index in [0.29, 0.717) is 12.8 Å². The number of hydrogen-bond donors (Lipinski definition) is 8. The van der Waals surface area contributed by atoms with Crippen LogP contribution in [-0.2, 0) is 50.9 Å². The zero-order valence-corrected chi connectivity index (χ0v) is 42.7. The fraction of sp³-hybridized carbons (Fsp3) is 0.867. The topological polar surface area (TPSA) is 303 Å². The summed E-state index contributed by atoms with van der Waals surface area (Å²) in [5.74, 6) is -1.30. The van der Waals surface area contributed by atoms with E-state index in [1.54, 1.807) is 0 Å². The van der Waals surface area contributed by atoms with Crippen LogP contribution in [0.15, 0.2) is 24.3 Å². The van der Waals surface area contributed by atoms with Gasteiger partial charge in [0.2, 0.25) is 0 Å². The minimum absolute atomic E-state index is 0.00824. The molecule has 1 saturated carbocycles. The van der Waals surface area contributed by atoms with Gasteiger partial charge in [0.1, 0.15) is 43.2 Å². The summed E-state index contributed by atoms with van der Waals surface area (Å²) >= 11 is 0. The molecule has 394 valence electrons. The van der Waals surface area contributed by atoms with Gasteiger partial charge in [0.05, 0.1) is 6.61 Å². The zero-order chi connectivity index (χ0) is 50.0. The summed E-state index contributed by atoms with van der Waals surface area (Å²) in [6, 6.07) is 0. The Kier molecular flexibility index (Phi) is 35.5. The summed E-state index contributed by atoms with van der Waals surface area (Å²) in [5, 5.41) is 31.9. The van der Waals surface area contributed by atoms with Gasteiger partial charge in [0.25, 0.3) is 0 Å². The van der Waals surface area contributed by atoms with Crippen molar-refractivity contribution in [2.45, 2.75) is 236 Å². The fourth-order valence-electron chi connectivity index (χ4n) is 7.55. The lowest BCUT2D eigenvalue weighted by atomic mass is 9.85. The molecule has 1 fully saturated rings. The Morgan fingerprint density at radius 2 is 0.866 bits per heavy atom. The van der Waals surface area contributed by atoms with Crippen LogP contribution in [0.3, 0.4) is 0 Å². The predicted octanol–water partition coefficient (Wildman–Crippen LogP) is 9.07. The van der Waals surface area contributed by atoms with Gasteiger partial charge in [-0.15, -0.1) is 0 Å². The summed E-state index contributed by atoms with van der Waals surface area (Å²) < 4.78 is 65.5. The maximum Gasteiger partial charge on any atom is 0.472 e. The summed E-state index contributed by atoms with van der Waals surface area (Å²) in [6.45, 7) is 2.92. The van der Waals surface area contributed by atoms with Crippen molar-refractivity contribution in [3.8, 4) is 0 Å². The highest BCUT2D eigenvalue weighted by Gasteiger charge is 2.56. The minimum Gasteiger partial charge on any atom is -0.462 e. The number of phosphoric acid groups is 3. The summed E-state index contributed by atoms with van der Waals surface area (Å²) in [6.07, 6.45) is 20.4. The smallest absolute Gasteiger partial charge is 0.462 e. The van der Waals surface area contributed by atoms with E-state index in [1.807, 2.05) is 0 Å². The Labute approximate surface area is 398 Å². The van der Waals surface area contributed by atoms with E-state index in [4.69, 9.17) is 18.5 Å². The zero-order valence-electron chi connectivity index (χ0n) is 40.0. The first-order valence-corrected chi connectivity index (χ1v) is 29.2. The van der Waals surface area contributed by atoms with Crippen molar-refractivity contribution in [1.29, 1.82) is 0 Å². The van der Waals surface area contributed by atoms with Crippen LogP contribution in [-0.4, -0.2) is 108 Å². The van der Waals surface area contributed by atoms with Crippen LogP contribution in [0.1, 0.15) is 194 Å². The fourth-order valence-corrected chi connectivity index (χ4v) is 9.65. The second-order valence-electron chi connectivity index (χ2n) is 17.4. The SMILES string of the molecule is CCCCCC=CCC=CCCCCCCCCCC(=O)O[C@H](COC(=O)CCCCCCCCCCCCCCC)COP(=O)(O)O[C@H]1C(O)C(O)C(OP(=O)(O)O)[C@@H](OP(=O)(O)O)C1O. The number of aliphatic hydroxyl groups is 3. The van der Waals surface area contributed by atoms with E-state index in [0.717, 1.165) is 83.5 Å². The Balaban J connectivity index is 2.71.